The number of aryl methyl sites for hydroxylation is 1. The molecule has 0 atom stereocenters. The Bertz CT molecular complexity index is 1460. The van der Waals surface area contributed by atoms with Gasteiger partial charge in [-0.25, -0.2) is 19.0 Å². The van der Waals surface area contributed by atoms with Crippen LogP contribution in [-0.2, 0) is 19.8 Å². The number of anilines is 1. The fourth-order valence-electron chi connectivity index (χ4n) is 3.13. The van der Waals surface area contributed by atoms with Crippen molar-refractivity contribution in [2.45, 2.75) is 12.7 Å². The molecule has 4 aromatic rings. The highest BCUT2D eigenvalue weighted by atomic mass is 35.5. The average molecular weight is 508 g/mol. The van der Waals surface area contributed by atoms with Crippen molar-refractivity contribution in [1.82, 2.24) is 30.0 Å². The third kappa shape index (κ3) is 5.04. The molecule has 0 saturated heterocycles. The summed E-state index contributed by atoms with van der Waals surface area (Å²) in [6.45, 7) is -0.225. The predicted octanol–water partition coefficient (Wildman–Crippen LogP) is 3.75. The van der Waals surface area contributed by atoms with Gasteiger partial charge in [0.05, 0.1) is 5.02 Å². The molecule has 0 unspecified atom stereocenters. The van der Waals surface area contributed by atoms with Crippen molar-refractivity contribution in [3.8, 4) is 0 Å². The number of hydrogen-bond donors (Lipinski definition) is 2. The fourth-order valence-corrected chi connectivity index (χ4v) is 3.31. The molecular weight excluding hydrogens is 494 g/mol. The van der Waals surface area contributed by atoms with Crippen molar-refractivity contribution in [3.05, 3.63) is 76.2 Å². The maximum Gasteiger partial charge on any atom is 0.433 e. The number of rotatable bonds is 5. The fraction of sp³-hybridized carbons (Fsp3) is 0.143. The number of alkyl halides is 3. The second-order valence-corrected chi connectivity index (χ2v) is 7.61. The Morgan fingerprint density at radius 2 is 1.83 bits per heavy atom. The zero-order valence-corrected chi connectivity index (χ0v) is 18.4. The molecule has 0 aliphatic heterocycles. The predicted molar refractivity (Wildman–Crippen MR) is 116 cm³/mol. The summed E-state index contributed by atoms with van der Waals surface area (Å²) >= 11 is 5.73. The van der Waals surface area contributed by atoms with Gasteiger partial charge in [-0.05, 0) is 35.9 Å². The van der Waals surface area contributed by atoms with Crippen LogP contribution in [0.15, 0.2) is 42.9 Å². The van der Waals surface area contributed by atoms with E-state index in [-0.39, 0.29) is 45.2 Å². The summed E-state index contributed by atoms with van der Waals surface area (Å²) in [5.41, 5.74) is -0.795. The van der Waals surface area contributed by atoms with Crippen LogP contribution in [0, 0.1) is 5.82 Å². The first-order valence-corrected chi connectivity index (χ1v) is 10.2. The van der Waals surface area contributed by atoms with Gasteiger partial charge < -0.3 is 10.6 Å². The van der Waals surface area contributed by atoms with Gasteiger partial charge in [0.25, 0.3) is 11.8 Å². The van der Waals surface area contributed by atoms with Gasteiger partial charge in [-0.1, -0.05) is 11.6 Å². The minimum absolute atomic E-state index is 0.0469. The van der Waals surface area contributed by atoms with Crippen LogP contribution in [0.25, 0.3) is 11.0 Å². The Balaban J connectivity index is 1.56. The van der Waals surface area contributed by atoms with E-state index in [2.05, 4.69) is 30.7 Å². The zero-order valence-electron chi connectivity index (χ0n) is 17.7. The number of fused-ring (bicyclic) bond motifs is 1. The second-order valence-electron chi connectivity index (χ2n) is 7.20. The van der Waals surface area contributed by atoms with E-state index in [1.807, 2.05) is 0 Å². The van der Waals surface area contributed by atoms with Crippen LogP contribution < -0.4 is 10.6 Å². The zero-order chi connectivity index (χ0) is 25.3. The van der Waals surface area contributed by atoms with Crippen LogP contribution in [0.1, 0.15) is 32.1 Å². The third-order valence-corrected chi connectivity index (χ3v) is 5.11. The van der Waals surface area contributed by atoms with Crippen molar-refractivity contribution in [3.63, 3.8) is 0 Å². The van der Waals surface area contributed by atoms with Crippen LogP contribution in [-0.4, -0.2) is 36.5 Å². The molecule has 0 radical (unpaired) electrons. The number of hydrogen-bond acceptors (Lipinski definition) is 6. The normalized spacial score (nSPS) is 11.5. The quantitative estimate of drug-likeness (QED) is 0.398. The molecule has 35 heavy (non-hydrogen) atoms. The highest BCUT2D eigenvalue weighted by Gasteiger charge is 2.32. The molecule has 3 aromatic heterocycles. The molecule has 0 aliphatic carbocycles. The first-order chi connectivity index (χ1) is 16.5. The molecule has 9 nitrogen and oxygen atoms in total. The minimum Gasteiger partial charge on any atom is -0.347 e. The number of benzene rings is 1. The Hall–Kier alpha value is -4.13. The summed E-state index contributed by atoms with van der Waals surface area (Å²) < 4.78 is 53.2. The third-order valence-electron chi connectivity index (χ3n) is 4.82. The number of halogens is 5. The number of carbonyl (C=O) groups excluding carboxylic acids is 2. The SMILES string of the molecule is Cn1nc2c(C(=O)NCc3ccnc(C(F)(F)F)c3)ncnc2c1NC(=O)c1ccc(F)c(Cl)c1. The number of aromatic nitrogens is 5. The first-order valence-electron chi connectivity index (χ1n) is 9.79. The summed E-state index contributed by atoms with van der Waals surface area (Å²) in [5, 5.41) is 9.02. The van der Waals surface area contributed by atoms with Gasteiger partial charge in [-0.15, -0.1) is 0 Å². The van der Waals surface area contributed by atoms with Gasteiger partial charge in [0.15, 0.2) is 11.5 Å². The van der Waals surface area contributed by atoms with Gasteiger partial charge >= 0.3 is 6.18 Å². The summed E-state index contributed by atoms with van der Waals surface area (Å²) in [6.07, 6.45) is -2.54. The molecule has 1 aromatic carbocycles. The smallest absolute Gasteiger partial charge is 0.347 e. The van der Waals surface area contributed by atoms with Crippen molar-refractivity contribution in [1.29, 1.82) is 0 Å². The van der Waals surface area contributed by atoms with Gasteiger partial charge in [-0.2, -0.15) is 18.3 Å². The monoisotopic (exact) mass is 507 g/mol. The van der Waals surface area contributed by atoms with Crippen molar-refractivity contribution in [2.75, 3.05) is 5.32 Å². The van der Waals surface area contributed by atoms with Crippen molar-refractivity contribution >= 4 is 40.3 Å². The van der Waals surface area contributed by atoms with E-state index < -0.39 is 29.5 Å². The van der Waals surface area contributed by atoms with Crippen molar-refractivity contribution in [2.24, 2.45) is 7.05 Å². The Kier molecular flexibility index (Phi) is 6.35. The maximum atomic E-state index is 13.4. The average Bonchev–Trinajstić information content (AvgIpc) is 3.13. The molecule has 0 fully saturated rings. The molecule has 0 aliphatic rings. The van der Waals surface area contributed by atoms with E-state index in [0.29, 0.717) is 0 Å². The van der Waals surface area contributed by atoms with Gasteiger partial charge in [0.2, 0.25) is 0 Å². The molecule has 4 rings (SSSR count). The topological polar surface area (TPSA) is 115 Å². The maximum absolute atomic E-state index is 13.4. The number of pyridine rings is 1. The molecule has 2 amide bonds. The van der Waals surface area contributed by atoms with Gasteiger partial charge in [0, 0.05) is 25.4 Å². The van der Waals surface area contributed by atoms with Crippen LogP contribution in [0.3, 0.4) is 0 Å². The van der Waals surface area contributed by atoms with E-state index in [4.69, 9.17) is 11.6 Å². The van der Waals surface area contributed by atoms with Crippen LogP contribution in [0.4, 0.5) is 23.4 Å². The van der Waals surface area contributed by atoms with Crippen LogP contribution in [0.5, 0.6) is 0 Å². The lowest BCUT2D eigenvalue weighted by atomic mass is 10.2. The minimum atomic E-state index is -4.62. The van der Waals surface area contributed by atoms with Crippen LogP contribution in [0.2, 0.25) is 5.02 Å². The molecule has 2 N–H and O–H groups in total. The molecule has 0 spiro atoms. The number of nitrogens with one attached hydrogen (secondary N) is 2. The Labute approximate surface area is 199 Å². The van der Waals surface area contributed by atoms with Gasteiger partial charge in [0.1, 0.15) is 28.9 Å². The van der Waals surface area contributed by atoms with Gasteiger partial charge in [-0.3, -0.25) is 14.6 Å². The summed E-state index contributed by atoms with van der Waals surface area (Å²) in [4.78, 5) is 36.6. The molecule has 0 bridgehead atoms. The lowest BCUT2D eigenvalue weighted by Crippen LogP contribution is -2.24. The highest BCUT2D eigenvalue weighted by molar-refractivity contribution is 6.31. The van der Waals surface area contributed by atoms with E-state index in [1.165, 1.54) is 23.9 Å². The van der Waals surface area contributed by atoms with E-state index >= 15 is 0 Å². The molecular formula is C21H14ClF4N7O2. The standard InChI is InChI=1S/C21H14ClF4N7O2/c1-33-18(31-19(34)11-2-3-13(23)12(22)7-11)16-15(32-33)17(30-9-29-16)20(35)28-8-10-4-5-27-14(6-10)21(24,25)26/h2-7,9H,8H2,1H3,(H,28,35)(H,31,34). The molecule has 0 saturated carbocycles. The first kappa shape index (κ1) is 24.0. The van der Waals surface area contributed by atoms with Crippen LogP contribution >= 0.6 is 11.6 Å². The number of nitrogens with zero attached hydrogens (tertiary/aromatic N) is 5. The Morgan fingerprint density at radius 1 is 1.06 bits per heavy atom. The second kappa shape index (κ2) is 9.25. The molecule has 180 valence electrons. The lowest BCUT2D eigenvalue weighted by molar-refractivity contribution is -0.141. The number of carbonyl (C=O) groups is 2. The molecule has 3 heterocycles. The van der Waals surface area contributed by atoms with E-state index in [0.717, 1.165) is 30.7 Å². The Morgan fingerprint density at radius 3 is 2.54 bits per heavy atom. The highest BCUT2D eigenvalue weighted by Crippen LogP contribution is 2.28. The largest absolute Gasteiger partial charge is 0.433 e. The molecule has 14 heteroatoms. The van der Waals surface area contributed by atoms with Crippen molar-refractivity contribution < 1.29 is 27.2 Å². The summed E-state index contributed by atoms with van der Waals surface area (Å²) in [6, 6.07) is 5.60. The van der Waals surface area contributed by atoms with E-state index in [1.54, 1.807) is 0 Å². The summed E-state index contributed by atoms with van der Waals surface area (Å²) in [5.74, 6) is -1.89. The summed E-state index contributed by atoms with van der Waals surface area (Å²) in [7, 11) is 1.49. The lowest BCUT2D eigenvalue weighted by Gasteiger charge is -2.09. The number of amides is 2. The van der Waals surface area contributed by atoms with E-state index in [9.17, 15) is 27.2 Å².